The lowest BCUT2D eigenvalue weighted by Crippen LogP contribution is -2.50. The maximum Gasteiger partial charge on any atom is 0.329 e. The molecule has 358 valence electrons. The zero-order valence-electron chi connectivity index (χ0n) is 38.9. The van der Waals surface area contributed by atoms with Crippen molar-refractivity contribution >= 4 is 56.0 Å². The van der Waals surface area contributed by atoms with Crippen LogP contribution >= 0.6 is 0 Å². The molecule has 7 heterocycles. The number of phenols is 1. The highest BCUT2D eigenvalue weighted by atomic mass is 19.1. The van der Waals surface area contributed by atoms with E-state index < -0.39 is 23.6 Å². The molecule has 2 amide bonds. The van der Waals surface area contributed by atoms with Gasteiger partial charge in [-0.15, -0.1) is 6.42 Å². The highest BCUT2D eigenvalue weighted by molar-refractivity contribution is 6.03. The quantitative estimate of drug-likeness (QED) is 0.114. The van der Waals surface area contributed by atoms with Gasteiger partial charge < -0.3 is 29.4 Å². The van der Waals surface area contributed by atoms with Crippen molar-refractivity contribution in [1.82, 2.24) is 39.2 Å². The van der Waals surface area contributed by atoms with Crippen molar-refractivity contribution in [3.05, 3.63) is 76.3 Å². The zero-order chi connectivity index (χ0) is 47.6. The number of ether oxygens (including phenoxy) is 1. The number of anilines is 2. The number of pyridine rings is 1. The zero-order valence-corrected chi connectivity index (χ0v) is 38.9. The molecule has 5 fully saturated rings. The molecule has 1 saturated carbocycles. The first-order valence-electron chi connectivity index (χ1n) is 24.4. The van der Waals surface area contributed by atoms with Crippen molar-refractivity contribution in [1.29, 1.82) is 0 Å². The van der Waals surface area contributed by atoms with Crippen molar-refractivity contribution in [3.8, 4) is 35.4 Å². The number of nitrogens with zero attached hydrogens (tertiary/aromatic N) is 9. The Balaban J connectivity index is 0.724. The number of piperidine rings is 3. The highest BCUT2D eigenvalue weighted by Crippen LogP contribution is 2.47. The van der Waals surface area contributed by atoms with E-state index in [2.05, 4.69) is 40.8 Å². The number of carbonyl (C=O) groups excluding carboxylic acids is 2. The maximum absolute atomic E-state index is 17.0. The van der Waals surface area contributed by atoms with Crippen molar-refractivity contribution < 1.29 is 28.2 Å². The molecule has 15 nitrogen and oxygen atoms in total. The van der Waals surface area contributed by atoms with Crippen molar-refractivity contribution in [2.24, 2.45) is 18.4 Å². The number of nitrogens with one attached hydrogen (secondary N) is 1. The number of imidazole rings is 1. The standard InChI is InChI=1S/C52H56F2N10O5/c1-3-36-39(53)9-7-33-25-35(65)27-37(44(33)36)46-45(54)47-38(28-55-46)48(63-17-5-4-6-18-63)58-50(57-47)69-31-52(15-16-52)30-61-23-21-60(22-24-61)29-32-13-19-62(20-14-32)34-8-10-40-42(26-34)59(2)51(68)64(40)41-11-12-43(66)56-49(41)67/h1,7-10,25-28,32,41,65H,4-6,11-24,29-31H2,2H3,(H,56,66,67). The number of aromatic nitrogens is 5. The molecule has 3 aromatic carbocycles. The van der Waals surface area contributed by atoms with Gasteiger partial charge >= 0.3 is 11.7 Å². The van der Waals surface area contributed by atoms with Crippen LogP contribution in [0, 0.1) is 35.3 Å². The number of halogens is 2. The third kappa shape index (κ3) is 8.51. The Morgan fingerprint density at radius 2 is 1.65 bits per heavy atom. The maximum atomic E-state index is 17.0. The predicted molar refractivity (Wildman–Crippen MR) is 259 cm³/mol. The summed E-state index contributed by atoms with van der Waals surface area (Å²) in [5.41, 5.74) is 2.30. The topological polar surface area (TPSA) is 154 Å². The second-order valence-electron chi connectivity index (χ2n) is 19.9. The third-order valence-electron chi connectivity index (χ3n) is 15.3. The molecule has 11 rings (SSSR count). The van der Waals surface area contributed by atoms with Crippen LogP contribution in [0.15, 0.2) is 53.5 Å². The number of aromatic hydroxyl groups is 1. The van der Waals surface area contributed by atoms with Crippen LogP contribution in [-0.2, 0) is 16.6 Å². The van der Waals surface area contributed by atoms with Crippen LogP contribution in [0.1, 0.15) is 69.4 Å². The van der Waals surface area contributed by atoms with Gasteiger partial charge in [-0.1, -0.05) is 12.0 Å². The molecule has 4 saturated heterocycles. The number of aryl methyl sites for hydroxylation is 1. The second-order valence-corrected chi connectivity index (χ2v) is 19.9. The molecular weight excluding hydrogens is 883 g/mol. The molecule has 6 aromatic rings. The SMILES string of the molecule is C#Cc1c(F)ccc2cc(O)cc(-c3ncc4c(N5CCCCC5)nc(OCC5(CN6CCN(CC7CCN(c8ccc9c(c8)n(C)c(=O)n9C8CCC(=O)NC8=O)CC7)CC6)CC5)nc4c3F)c12. The van der Waals surface area contributed by atoms with Gasteiger partial charge in [0.25, 0.3) is 0 Å². The summed E-state index contributed by atoms with van der Waals surface area (Å²) in [6.07, 6.45) is 15.1. The summed E-state index contributed by atoms with van der Waals surface area (Å²) in [6, 6.07) is 11.0. The van der Waals surface area contributed by atoms with Gasteiger partial charge in [-0.05, 0) is 99.1 Å². The minimum absolute atomic E-state index is 0.0378. The van der Waals surface area contributed by atoms with Gasteiger partial charge in [-0.3, -0.25) is 29.0 Å². The lowest BCUT2D eigenvalue weighted by Gasteiger charge is -2.40. The number of piperazine rings is 1. The molecule has 0 bridgehead atoms. The number of hydrogen-bond donors (Lipinski definition) is 2. The fourth-order valence-electron chi connectivity index (χ4n) is 11.2. The first-order valence-corrected chi connectivity index (χ1v) is 24.4. The normalized spacial score (nSPS) is 20.5. The Morgan fingerprint density at radius 3 is 2.39 bits per heavy atom. The monoisotopic (exact) mass is 938 g/mol. The average molecular weight is 939 g/mol. The van der Waals surface area contributed by atoms with Gasteiger partial charge in [0.15, 0.2) is 5.82 Å². The molecule has 69 heavy (non-hydrogen) atoms. The van der Waals surface area contributed by atoms with E-state index in [0.717, 1.165) is 122 Å². The summed E-state index contributed by atoms with van der Waals surface area (Å²) in [4.78, 5) is 61.5. The number of fused-ring (bicyclic) bond motifs is 3. The molecule has 5 aliphatic rings. The molecule has 1 unspecified atom stereocenters. The molecule has 3 aromatic heterocycles. The molecule has 1 atom stereocenters. The molecule has 2 N–H and O–H groups in total. The van der Waals surface area contributed by atoms with Crippen LogP contribution in [0.5, 0.6) is 11.8 Å². The molecule has 0 spiro atoms. The van der Waals surface area contributed by atoms with E-state index in [1.165, 1.54) is 28.8 Å². The minimum Gasteiger partial charge on any atom is -0.508 e. The number of phenolic OH excluding ortho intramolecular Hbond substituents is 1. The summed E-state index contributed by atoms with van der Waals surface area (Å²) in [7, 11) is 1.73. The third-order valence-corrected chi connectivity index (χ3v) is 15.3. The Kier molecular flexibility index (Phi) is 11.7. The number of benzene rings is 3. The molecule has 0 radical (unpaired) electrons. The lowest BCUT2D eigenvalue weighted by atomic mass is 9.95. The van der Waals surface area contributed by atoms with Gasteiger partial charge in [0.05, 0.1) is 28.6 Å². The lowest BCUT2D eigenvalue weighted by molar-refractivity contribution is -0.135. The Labute approximate surface area is 398 Å². The Hall–Kier alpha value is -6.64. The number of carbonyl (C=O) groups is 2. The summed E-state index contributed by atoms with van der Waals surface area (Å²) >= 11 is 0. The van der Waals surface area contributed by atoms with E-state index in [0.29, 0.717) is 41.1 Å². The van der Waals surface area contributed by atoms with Crippen molar-refractivity contribution in [2.75, 3.05) is 81.9 Å². The van der Waals surface area contributed by atoms with E-state index in [4.69, 9.17) is 16.1 Å². The smallest absolute Gasteiger partial charge is 0.329 e. The number of amides is 2. The first-order chi connectivity index (χ1) is 33.5. The largest absolute Gasteiger partial charge is 0.508 e. The van der Waals surface area contributed by atoms with Crippen LogP contribution in [0.4, 0.5) is 20.3 Å². The predicted octanol–water partition coefficient (Wildman–Crippen LogP) is 6.12. The molecule has 4 aliphatic heterocycles. The molecule has 1 aliphatic carbocycles. The van der Waals surface area contributed by atoms with E-state index in [-0.39, 0.29) is 62.9 Å². The summed E-state index contributed by atoms with van der Waals surface area (Å²) in [5.74, 6) is 1.35. The second kappa shape index (κ2) is 18.0. The number of rotatable bonds is 11. The van der Waals surface area contributed by atoms with Gasteiger partial charge in [-0.25, -0.2) is 13.6 Å². The Morgan fingerprint density at radius 1 is 0.884 bits per heavy atom. The number of imide groups is 1. The first kappa shape index (κ1) is 44.8. The van der Waals surface area contributed by atoms with Crippen LogP contribution in [0.3, 0.4) is 0 Å². The highest BCUT2D eigenvalue weighted by Gasteiger charge is 2.45. The van der Waals surface area contributed by atoms with Gasteiger partial charge in [0, 0.05) is 107 Å². The van der Waals surface area contributed by atoms with E-state index in [9.17, 15) is 23.9 Å². The molecular formula is C52H56F2N10O5. The van der Waals surface area contributed by atoms with Crippen LogP contribution in [-0.4, -0.2) is 123 Å². The summed E-state index contributed by atoms with van der Waals surface area (Å²) < 4.78 is 41.5. The van der Waals surface area contributed by atoms with Crippen molar-refractivity contribution in [2.45, 2.75) is 63.8 Å². The van der Waals surface area contributed by atoms with Gasteiger partial charge in [-0.2, -0.15) is 9.97 Å². The van der Waals surface area contributed by atoms with E-state index in [1.807, 2.05) is 18.2 Å². The van der Waals surface area contributed by atoms with Crippen LogP contribution in [0.2, 0.25) is 0 Å². The van der Waals surface area contributed by atoms with Crippen molar-refractivity contribution in [3.63, 3.8) is 0 Å². The van der Waals surface area contributed by atoms with E-state index >= 15 is 4.39 Å². The summed E-state index contributed by atoms with van der Waals surface area (Å²) in [6.45, 7) is 9.69. The van der Waals surface area contributed by atoms with E-state index in [1.54, 1.807) is 17.8 Å². The molecule has 17 heteroatoms. The fourth-order valence-corrected chi connectivity index (χ4v) is 11.2. The van der Waals surface area contributed by atoms with Crippen LogP contribution < -0.4 is 25.5 Å². The fraction of sp³-hybridized carbons (Fsp3) is 0.462. The average Bonchev–Trinajstić information content (AvgIpc) is 4.08. The summed E-state index contributed by atoms with van der Waals surface area (Å²) in [5, 5.41) is 14.2. The van der Waals surface area contributed by atoms with Gasteiger partial charge in [0.2, 0.25) is 11.8 Å². The number of hydrogen-bond acceptors (Lipinski definition) is 12. The minimum atomic E-state index is -0.728. The Bertz CT molecular complexity index is 3120. The van der Waals surface area contributed by atoms with Crippen LogP contribution in [0.25, 0.3) is 44.0 Å². The number of terminal acetylenes is 1. The van der Waals surface area contributed by atoms with Gasteiger partial charge in [0.1, 0.15) is 34.6 Å².